The van der Waals surface area contributed by atoms with Gasteiger partial charge in [0.25, 0.3) is 5.56 Å². The molecule has 3 aromatic rings. The third kappa shape index (κ3) is 3.40. The molecule has 0 radical (unpaired) electrons. The van der Waals surface area contributed by atoms with Gasteiger partial charge in [0.05, 0.1) is 36.5 Å². The first kappa shape index (κ1) is 18.7. The van der Waals surface area contributed by atoms with Crippen molar-refractivity contribution in [2.24, 2.45) is 0 Å². The topological polar surface area (TPSA) is 73.7 Å². The number of hydrogen-bond donors (Lipinski definition) is 0. The zero-order valence-electron chi connectivity index (χ0n) is 16.6. The van der Waals surface area contributed by atoms with E-state index >= 15 is 0 Å². The fourth-order valence-electron chi connectivity index (χ4n) is 4.25. The second kappa shape index (κ2) is 7.82. The molecule has 0 saturated carbocycles. The molecule has 7 nitrogen and oxygen atoms in total. The molecule has 154 valence electrons. The van der Waals surface area contributed by atoms with Gasteiger partial charge in [0, 0.05) is 13.0 Å². The number of hydrogen-bond acceptors (Lipinski definition) is 5. The van der Waals surface area contributed by atoms with Crippen molar-refractivity contribution in [1.82, 2.24) is 14.5 Å². The summed E-state index contributed by atoms with van der Waals surface area (Å²) in [6.45, 7) is 1.93. The summed E-state index contributed by atoms with van der Waals surface area (Å²) in [5.74, 6) is 1.41. The Morgan fingerprint density at radius 1 is 1.07 bits per heavy atom. The maximum Gasteiger partial charge on any atom is 0.261 e. The van der Waals surface area contributed by atoms with Crippen LogP contribution in [0.5, 0.6) is 11.5 Å². The number of rotatable bonds is 3. The van der Waals surface area contributed by atoms with E-state index in [0.717, 1.165) is 36.3 Å². The van der Waals surface area contributed by atoms with Gasteiger partial charge in [-0.15, -0.1) is 0 Å². The van der Waals surface area contributed by atoms with Crippen molar-refractivity contribution >= 4 is 16.8 Å². The highest BCUT2D eigenvalue weighted by Gasteiger charge is 2.31. The molecular weight excluding hydrogens is 382 g/mol. The first-order valence-electron chi connectivity index (χ1n) is 10.3. The van der Waals surface area contributed by atoms with E-state index in [-0.39, 0.29) is 24.1 Å². The van der Waals surface area contributed by atoms with Crippen molar-refractivity contribution in [2.75, 3.05) is 19.8 Å². The lowest BCUT2D eigenvalue weighted by molar-refractivity contribution is -0.132. The maximum absolute atomic E-state index is 13.1. The zero-order chi connectivity index (χ0) is 20.5. The molecule has 0 spiro atoms. The molecule has 2 aliphatic rings. The first-order chi connectivity index (χ1) is 14.7. The first-order valence-corrected chi connectivity index (χ1v) is 10.3. The highest BCUT2D eigenvalue weighted by molar-refractivity contribution is 5.79. The molecule has 1 amide bonds. The number of ether oxygens (including phenoxy) is 2. The smallest absolute Gasteiger partial charge is 0.261 e. The van der Waals surface area contributed by atoms with Crippen LogP contribution in [0.15, 0.2) is 53.6 Å². The van der Waals surface area contributed by atoms with Crippen molar-refractivity contribution in [3.63, 3.8) is 0 Å². The fraction of sp³-hybridized carbons (Fsp3) is 0.348. The van der Waals surface area contributed by atoms with E-state index in [1.165, 1.54) is 10.9 Å². The Kier molecular flexibility index (Phi) is 4.86. The van der Waals surface area contributed by atoms with Crippen LogP contribution in [0.3, 0.4) is 0 Å². The van der Waals surface area contributed by atoms with Gasteiger partial charge in [0.15, 0.2) is 11.5 Å². The fourth-order valence-corrected chi connectivity index (χ4v) is 4.25. The van der Waals surface area contributed by atoms with E-state index in [1.807, 2.05) is 29.2 Å². The van der Waals surface area contributed by atoms with Crippen molar-refractivity contribution in [2.45, 2.75) is 31.8 Å². The molecule has 5 rings (SSSR count). The second-order valence-electron chi connectivity index (χ2n) is 7.70. The van der Waals surface area contributed by atoms with Crippen molar-refractivity contribution in [1.29, 1.82) is 0 Å². The van der Waals surface area contributed by atoms with Crippen molar-refractivity contribution in [3.05, 3.63) is 64.7 Å². The Morgan fingerprint density at radius 3 is 2.80 bits per heavy atom. The number of amides is 1. The summed E-state index contributed by atoms with van der Waals surface area (Å²) >= 11 is 0. The number of likely N-dealkylation sites (tertiary alicyclic amines) is 1. The summed E-state index contributed by atoms with van der Waals surface area (Å²) in [7, 11) is 0. The average Bonchev–Trinajstić information content (AvgIpc) is 3.15. The van der Waals surface area contributed by atoms with Gasteiger partial charge in [0.1, 0.15) is 6.54 Å². The predicted octanol–water partition coefficient (Wildman–Crippen LogP) is 2.92. The highest BCUT2D eigenvalue weighted by atomic mass is 16.5. The van der Waals surface area contributed by atoms with Crippen molar-refractivity contribution in [3.8, 4) is 11.5 Å². The van der Waals surface area contributed by atoms with Gasteiger partial charge >= 0.3 is 0 Å². The van der Waals surface area contributed by atoms with Gasteiger partial charge < -0.3 is 14.4 Å². The van der Waals surface area contributed by atoms with Crippen LogP contribution in [-0.4, -0.2) is 40.1 Å². The lowest BCUT2D eigenvalue weighted by Gasteiger charge is -2.26. The number of carbonyl (C=O) groups is 1. The maximum atomic E-state index is 13.1. The van der Waals surface area contributed by atoms with Crippen LogP contribution in [0.1, 0.15) is 30.9 Å². The molecule has 0 bridgehead atoms. The number of aromatic nitrogens is 2. The molecule has 0 N–H and O–H groups in total. The zero-order valence-corrected chi connectivity index (χ0v) is 16.6. The molecule has 1 unspecified atom stereocenters. The highest BCUT2D eigenvalue weighted by Crippen LogP contribution is 2.38. The summed E-state index contributed by atoms with van der Waals surface area (Å²) in [6, 6.07) is 13.1. The molecule has 2 aliphatic heterocycles. The quantitative estimate of drug-likeness (QED) is 0.670. The normalized spacial score (nSPS) is 18.4. The minimum absolute atomic E-state index is 0.0162. The monoisotopic (exact) mass is 405 g/mol. The van der Waals surface area contributed by atoms with E-state index in [1.54, 1.807) is 18.2 Å². The molecule has 3 heterocycles. The molecule has 7 heteroatoms. The lowest BCUT2D eigenvalue weighted by Crippen LogP contribution is -2.36. The molecule has 2 aromatic carbocycles. The number of para-hydroxylation sites is 1. The molecule has 30 heavy (non-hydrogen) atoms. The van der Waals surface area contributed by atoms with Crippen molar-refractivity contribution < 1.29 is 14.3 Å². The van der Waals surface area contributed by atoms with Crippen LogP contribution >= 0.6 is 0 Å². The summed E-state index contributed by atoms with van der Waals surface area (Å²) < 4.78 is 12.9. The van der Waals surface area contributed by atoms with Gasteiger partial charge in [-0.1, -0.05) is 18.2 Å². The van der Waals surface area contributed by atoms with Crippen LogP contribution in [0.2, 0.25) is 0 Å². The van der Waals surface area contributed by atoms with E-state index in [0.29, 0.717) is 30.7 Å². The van der Waals surface area contributed by atoms with Gasteiger partial charge in [0.2, 0.25) is 5.91 Å². The van der Waals surface area contributed by atoms with Gasteiger partial charge in [-0.3, -0.25) is 14.2 Å². The van der Waals surface area contributed by atoms with Gasteiger partial charge in [-0.05, 0) is 42.7 Å². The van der Waals surface area contributed by atoms with Gasteiger partial charge in [-0.2, -0.15) is 0 Å². The Hall–Kier alpha value is -3.35. The number of fused-ring (bicyclic) bond motifs is 2. The predicted molar refractivity (Wildman–Crippen MR) is 112 cm³/mol. The summed E-state index contributed by atoms with van der Waals surface area (Å²) in [5, 5.41) is 0.522. The van der Waals surface area contributed by atoms with Crippen LogP contribution < -0.4 is 15.0 Å². The van der Waals surface area contributed by atoms with Crippen LogP contribution in [-0.2, 0) is 11.3 Å². The summed E-state index contributed by atoms with van der Waals surface area (Å²) in [5.41, 5.74) is 1.48. The van der Waals surface area contributed by atoms with Crippen LogP contribution in [0, 0.1) is 0 Å². The minimum atomic E-state index is -0.194. The number of nitrogens with zero attached hydrogens (tertiary/aromatic N) is 3. The third-order valence-corrected chi connectivity index (χ3v) is 5.77. The Bertz CT molecular complexity index is 1160. The molecule has 1 aromatic heterocycles. The standard InChI is InChI=1S/C23H23N3O4/c27-22(14-25-15-24-18-6-2-1-5-17(18)23(25)28)26-10-3-7-19(26)16-8-9-20-21(13-16)30-12-4-11-29-20/h1-2,5-6,8-9,13,15,19H,3-4,7,10-12,14H2. The molecular formula is C23H23N3O4. The molecule has 1 saturated heterocycles. The third-order valence-electron chi connectivity index (χ3n) is 5.77. The lowest BCUT2D eigenvalue weighted by atomic mass is 10.0. The molecule has 1 atom stereocenters. The van der Waals surface area contributed by atoms with E-state index in [9.17, 15) is 9.59 Å². The number of benzene rings is 2. The van der Waals surface area contributed by atoms with Crippen LogP contribution in [0.4, 0.5) is 0 Å². The summed E-state index contributed by atoms with van der Waals surface area (Å²) in [4.78, 5) is 32.0. The average molecular weight is 405 g/mol. The largest absolute Gasteiger partial charge is 0.490 e. The second-order valence-corrected chi connectivity index (χ2v) is 7.70. The Labute approximate surface area is 173 Å². The Morgan fingerprint density at radius 2 is 1.90 bits per heavy atom. The van der Waals surface area contributed by atoms with E-state index in [4.69, 9.17) is 9.47 Å². The van der Waals surface area contributed by atoms with E-state index in [2.05, 4.69) is 4.98 Å². The van der Waals surface area contributed by atoms with E-state index < -0.39 is 0 Å². The SMILES string of the molecule is O=C(Cn1cnc2ccccc2c1=O)N1CCCC1c1ccc2c(c1)OCCCO2. The minimum Gasteiger partial charge on any atom is -0.490 e. The molecule has 0 aliphatic carbocycles. The number of carbonyl (C=O) groups excluding carboxylic acids is 1. The Balaban J connectivity index is 1.39. The molecule has 1 fully saturated rings. The van der Waals surface area contributed by atoms with Gasteiger partial charge in [-0.25, -0.2) is 4.98 Å². The van der Waals surface area contributed by atoms with Crippen LogP contribution in [0.25, 0.3) is 10.9 Å². The summed E-state index contributed by atoms with van der Waals surface area (Å²) in [6.07, 6.45) is 4.12.